The van der Waals surface area contributed by atoms with Gasteiger partial charge in [0.25, 0.3) is 0 Å². The van der Waals surface area contributed by atoms with Crippen molar-refractivity contribution in [1.82, 2.24) is 0 Å². The van der Waals surface area contributed by atoms with Gasteiger partial charge in [-0.05, 0) is 18.9 Å². The molecule has 0 saturated heterocycles. The zero-order chi connectivity index (χ0) is 7.44. The second kappa shape index (κ2) is 3.38. The van der Waals surface area contributed by atoms with Crippen LogP contribution in [0.1, 0.15) is 20.3 Å². The molecular weight excluding hydrogens is 122 g/mol. The molecule has 0 amide bonds. The highest BCUT2D eigenvalue weighted by molar-refractivity contribution is 5.21. The fourth-order valence-corrected chi connectivity index (χ4v) is 0.387. The van der Waals surface area contributed by atoms with E-state index in [4.69, 9.17) is 0 Å². The smallest absolute Gasteiger partial charge is 0.156 e. The van der Waals surface area contributed by atoms with Crippen molar-refractivity contribution in [3.8, 4) is 0 Å². The number of allylic oxidation sites excluding steroid dienone is 3. The highest BCUT2D eigenvalue weighted by Gasteiger charge is 2.02. The van der Waals surface area contributed by atoms with E-state index in [-0.39, 0.29) is 12.0 Å². The molecular formula is C7H10F2. The second-order valence-corrected chi connectivity index (χ2v) is 1.85. The van der Waals surface area contributed by atoms with Gasteiger partial charge in [-0.3, -0.25) is 0 Å². The Morgan fingerprint density at radius 1 is 1.44 bits per heavy atom. The van der Waals surface area contributed by atoms with E-state index in [1.807, 2.05) is 0 Å². The predicted molar refractivity (Wildman–Crippen MR) is 34.3 cm³/mol. The van der Waals surface area contributed by atoms with Crippen LogP contribution >= 0.6 is 0 Å². The van der Waals surface area contributed by atoms with Crippen molar-refractivity contribution in [3.63, 3.8) is 0 Å². The van der Waals surface area contributed by atoms with Crippen molar-refractivity contribution in [2.45, 2.75) is 20.3 Å². The van der Waals surface area contributed by atoms with E-state index in [1.54, 1.807) is 6.92 Å². The highest BCUT2D eigenvalue weighted by atomic mass is 19.2. The predicted octanol–water partition coefficient (Wildman–Crippen LogP) is 3.12. The quantitative estimate of drug-likeness (QED) is 0.506. The standard InChI is InChI=1S/C7H10F2/c1-4-6(8)7(9)5(2)3/h2,4H2,1,3H3/b7-6-. The van der Waals surface area contributed by atoms with E-state index >= 15 is 0 Å². The zero-order valence-corrected chi connectivity index (χ0v) is 5.67. The number of rotatable bonds is 2. The van der Waals surface area contributed by atoms with E-state index < -0.39 is 11.7 Å². The monoisotopic (exact) mass is 132 g/mol. The molecule has 0 heterocycles. The maximum absolute atomic E-state index is 12.3. The van der Waals surface area contributed by atoms with Crippen molar-refractivity contribution in [2.75, 3.05) is 0 Å². The topological polar surface area (TPSA) is 0 Å². The van der Waals surface area contributed by atoms with E-state index in [0.717, 1.165) is 0 Å². The molecule has 0 aliphatic carbocycles. The summed E-state index contributed by atoms with van der Waals surface area (Å²) in [7, 11) is 0. The molecule has 0 atom stereocenters. The lowest BCUT2D eigenvalue weighted by atomic mass is 10.2. The molecule has 0 rings (SSSR count). The third kappa shape index (κ3) is 2.40. The van der Waals surface area contributed by atoms with E-state index in [1.165, 1.54) is 6.92 Å². The largest absolute Gasteiger partial charge is 0.209 e. The minimum Gasteiger partial charge on any atom is -0.209 e. The maximum atomic E-state index is 12.3. The molecule has 0 aliphatic heterocycles. The van der Waals surface area contributed by atoms with E-state index in [9.17, 15) is 8.78 Å². The number of halogens is 2. The van der Waals surface area contributed by atoms with Crippen molar-refractivity contribution in [1.29, 1.82) is 0 Å². The van der Waals surface area contributed by atoms with Crippen LogP contribution in [-0.4, -0.2) is 0 Å². The normalized spacial score (nSPS) is 12.9. The minimum atomic E-state index is -0.808. The Kier molecular flexibility index (Phi) is 3.13. The summed E-state index contributed by atoms with van der Waals surface area (Å²) in [5, 5.41) is 0. The molecule has 9 heavy (non-hydrogen) atoms. The summed E-state index contributed by atoms with van der Waals surface area (Å²) in [5.74, 6) is -1.53. The van der Waals surface area contributed by atoms with Crippen molar-refractivity contribution in [2.24, 2.45) is 0 Å². The third-order valence-corrected chi connectivity index (χ3v) is 0.923. The van der Waals surface area contributed by atoms with Crippen LogP contribution in [0.5, 0.6) is 0 Å². The average molecular weight is 132 g/mol. The number of hydrogen-bond donors (Lipinski definition) is 0. The van der Waals surface area contributed by atoms with Crippen molar-refractivity contribution in [3.05, 3.63) is 23.8 Å². The van der Waals surface area contributed by atoms with Crippen LogP contribution in [0.2, 0.25) is 0 Å². The van der Waals surface area contributed by atoms with Crippen molar-refractivity contribution < 1.29 is 8.78 Å². The van der Waals surface area contributed by atoms with Gasteiger partial charge in [0.15, 0.2) is 5.83 Å². The van der Waals surface area contributed by atoms with Gasteiger partial charge in [0.2, 0.25) is 0 Å². The van der Waals surface area contributed by atoms with Crippen LogP contribution < -0.4 is 0 Å². The van der Waals surface area contributed by atoms with Crippen LogP contribution in [0.25, 0.3) is 0 Å². The summed E-state index contributed by atoms with van der Waals surface area (Å²) in [6.45, 7) is 6.24. The van der Waals surface area contributed by atoms with E-state index in [0.29, 0.717) is 0 Å². The third-order valence-electron chi connectivity index (χ3n) is 0.923. The minimum absolute atomic E-state index is 0.0959. The molecule has 0 spiro atoms. The molecule has 0 bridgehead atoms. The molecule has 0 aromatic carbocycles. The maximum Gasteiger partial charge on any atom is 0.156 e. The highest BCUT2D eigenvalue weighted by Crippen LogP contribution is 2.17. The Morgan fingerprint density at radius 2 is 1.89 bits per heavy atom. The lowest BCUT2D eigenvalue weighted by Gasteiger charge is -1.94. The molecule has 0 fully saturated rings. The fraction of sp³-hybridized carbons (Fsp3) is 0.429. The van der Waals surface area contributed by atoms with Gasteiger partial charge < -0.3 is 0 Å². The van der Waals surface area contributed by atoms with Gasteiger partial charge in [-0.2, -0.15) is 0 Å². The van der Waals surface area contributed by atoms with Gasteiger partial charge in [0.1, 0.15) is 5.83 Å². The Bertz CT molecular complexity index is 145. The summed E-state index contributed by atoms with van der Waals surface area (Å²) in [4.78, 5) is 0. The molecule has 0 N–H and O–H groups in total. The lowest BCUT2D eigenvalue weighted by Crippen LogP contribution is -1.79. The zero-order valence-electron chi connectivity index (χ0n) is 5.67. The van der Waals surface area contributed by atoms with Crippen molar-refractivity contribution >= 4 is 0 Å². The Hall–Kier alpha value is -0.660. The molecule has 0 aromatic rings. The summed E-state index contributed by atoms with van der Waals surface area (Å²) in [6, 6.07) is 0. The van der Waals surface area contributed by atoms with Crippen LogP contribution in [0, 0.1) is 0 Å². The Balaban J connectivity index is 4.28. The molecule has 0 aromatic heterocycles. The average Bonchev–Trinajstić information content (AvgIpc) is 1.84. The fourth-order valence-electron chi connectivity index (χ4n) is 0.387. The first-order valence-corrected chi connectivity index (χ1v) is 2.79. The van der Waals surface area contributed by atoms with Gasteiger partial charge in [-0.25, -0.2) is 8.78 Å². The SMILES string of the molecule is C=C(C)/C(F)=C(/F)CC. The first kappa shape index (κ1) is 8.34. The molecule has 52 valence electrons. The van der Waals surface area contributed by atoms with Gasteiger partial charge >= 0.3 is 0 Å². The summed E-state index contributed by atoms with van der Waals surface area (Å²) >= 11 is 0. The Labute approximate surface area is 53.9 Å². The van der Waals surface area contributed by atoms with Crippen LogP contribution in [-0.2, 0) is 0 Å². The van der Waals surface area contributed by atoms with Gasteiger partial charge in [0.05, 0.1) is 0 Å². The summed E-state index contributed by atoms with van der Waals surface area (Å²) in [5.41, 5.74) is 0.148. The van der Waals surface area contributed by atoms with E-state index in [2.05, 4.69) is 6.58 Å². The summed E-state index contributed by atoms with van der Waals surface area (Å²) < 4.78 is 24.5. The Morgan fingerprint density at radius 3 is 2.00 bits per heavy atom. The van der Waals surface area contributed by atoms with Crippen LogP contribution in [0.4, 0.5) is 8.78 Å². The molecule has 0 unspecified atom stereocenters. The first-order chi connectivity index (χ1) is 4.09. The molecule has 0 radical (unpaired) electrons. The van der Waals surface area contributed by atoms with Gasteiger partial charge in [0, 0.05) is 0 Å². The van der Waals surface area contributed by atoms with Gasteiger partial charge in [-0.15, -0.1) is 0 Å². The van der Waals surface area contributed by atoms with Gasteiger partial charge in [-0.1, -0.05) is 13.5 Å². The molecule has 0 aliphatic rings. The molecule has 0 saturated carbocycles. The lowest BCUT2D eigenvalue weighted by molar-refractivity contribution is 0.525. The molecule has 0 nitrogen and oxygen atoms in total. The van der Waals surface area contributed by atoms with Crippen LogP contribution in [0.3, 0.4) is 0 Å². The first-order valence-electron chi connectivity index (χ1n) is 2.79. The molecule has 2 heteroatoms. The van der Waals surface area contributed by atoms with Crippen LogP contribution in [0.15, 0.2) is 23.8 Å². The number of hydrogen-bond acceptors (Lipinski definition) is 0. The second-order valence-electron chi connectivity index (χ2n) is 1.85. The summed E-state index contributed by atoms with van der Waals surface area (Å²) in [6.07, 6.45) is 0.0959.